The van der Waals surface area contributed by atoms with Crippen molar-refractivity contribution in [3.05, 3.63) is 40.4 Å². The lowest BCUT2D eigenvalue weighted by Crippen LogP contribution is -1.72. The fourth-order valence-corrected chi connectivity index (χ4v) is 1.11. The van der Waals surface area contributed by atoms with Gasteiger partial charge < -0.3 is 0 Å². The lowest BCUT2D eigenvalue weighted by atomic mass is 10.2. The first-order valence-corrected chi connectivity index (χ1v) is 3.49. The highest BCUT2D eigenvalue weighted by Gasteiger charge is 1.94. The zero-order chi connectivity index (χ0) is 7.56. The van der Waals surface area contributed by atoms with E-state index in [0.717, 1.165) is 5.56 Å². The molecular weight excluding hydrogens is 167 g/mol. The molecule has 0 amide bonds. The maximum absolute atomic E-state index is 5.73. The third kappa shape index (κ3) is 1.53. The van der Waals surface area contributed by atoms with E-state index in [9.17, 15) is 0 Å². The molecule has 0 N–H and O–H groups in total. The lowest BCUT2D eigenvalue weighted by Gasteiger charge is -1.96. The van der Waals surface area contributed by atoms with Crippen molar-refractivity contribution in [1.82, 2.24) is 0 Å². The molecule has 0 aromatic heterocycles. The van der Waals surface area contributed by atoms with Gasteiger partial charge in [-0.05, 0) is 17.7 Å². The number of rotatable bonds is 1. The van der Waals surface area contributed by atoms with Gasteiger partial charge >= 0.3 is 0 Å². The van der Waals surface area contributed by atoms with Gasteiger partial charge in [-0.15, -0.1) is 0 Å². The topological polar surface area (TPSA) is 0 Å². The Kier molecular flexibility index (Phi) is 2.36. The molecule has 1 rings (SSSR count). The summed E-state index contributed by atoms with van der Waals surface area (Å²) in [5.41, 5.74) is 0.797. The van der Waals surface area contributed by atoms with Gasteiger partial charge in [-0.1, -0.05) is 41.9 Å². The van der Waals surface area contributed by atoms with Crippen LogP contribution in [0.4, 0.5) is 0 Å². The third-order valence-electron chi connectivity index (χ3n) is 1.14. The molecule has 0 aliphatic carbocycles. The van der Waals surface area contributed by atoms with Gasteiger partial charge in [0.2, 0.25) is 0 Å². The van der Waals surface area contributed by atoms with Crippen LogP contribution in [0.25, 0.3) is 6.08 Å². The Hall–Kier alpha value is -0.460. The van der Waals surface area contributed by atoms with Crippen LogP contribution in [0.2, 0.25) is 10.0 Å². The molecular formula is C8H5Cl2. The van der Waals surface area contributed by atoms with Gasteiger partial charge in [0.25, 0.3) is 0 Å². The summed E-state index contributed by atoms with van der Waals surface area (Å²) >= 11 is 11.4. The molecule has 0 fully saturated rings. The Morgan fingerprint density at radius 1 is 1.30 bits per heavy atom. The van der Waals surface area contributed by atoms with Gasteiger partial charge in [0.1, 0.15) is 0 Å². The van der Waals surface area contributed by atoms with Crippen molar-refractivity contribution in [2.75, 3.05) is 0 Å². The Morgan fingerprint density at radius 2 is 2.00 bits per heavy atom. The summed E-state index contributed by atoms with van der Waals surface area (Å²) in [7, 11) is 0. The SMILES string of the molecule is [CH]=Cc1ccc(Cl)cc1Cl. The second kappa shape index (κ2) is 3.09. The van der Waals surface area contributed by atoms with E-state index >= 15 is 0 Å². The molecule has 1 radical (unpaired) electrons. The summed E-state index contributed by atoms with van der Waals surface area (Å²) in [5, 5.41) is 1.20. The molecule has 0 nitrogen and oxygen atoms in total. The molecule has 2 heteroatoms. The highest BCUT2D eigenvalue weighted by Crippen LogP contribution is 2.21. The average molecular weight is 172 g/mol. The molecule has 0 saturated carbocycles. The molecule has 0 unspecified atom stereocenters. The predicted molar refractivity (Wildman–Crippen MR) is 45.2 cm³/mol. The monoisotopic (exact) mass is 171 g/mol. The normalized spacial score (nSPS) is 9.40. The van der Waals surface area contributed by atoms with Crippen molar-refractivity contribution in [2.24, 2.45) is 0 Å². The fourth-order valence-electron chi connectivity index (χ4n) is 0.637. The summed E-state index contributed by atoms with van der Waals surface area (Å²) < 4.78 is 0. The van der Waals surface area contributed by atoms with Gasteiger partial charge in [-0.3, -0.25) is 0 Å². The molecule has 0 saturated heterocycles. The standard InChI is InChI=1S/C8H5Cl2/c1-2-6-3-4-7(9)5-8(6)10/h1-5H. The second-order valence-corrected chi connectivity index (χ2v) is 2.68. The van der Waals surface area contributed by atoms with Crippen LogP contribution in [0.1, 0.15) is 5.56 Å². The Bertz CT molecular complexity index is 253. The Morgan fingerprint density at radius 3 is 2.50 bits per heavy atom. The average Bonchev–Trinajstić information content (AvgIpc) is 1.88. The van der Waals surface area contributed by atoms with Crippen molar-refractivity contribution in [3.8, 4) is 0 Å². The summed E-state index contributed by atoms with van der Waals surface area (Å²) in [4.78, 5) is 0. The molecule has 0 atom stereocenters. The van der Waals surface area contributed by atoms with Crippen molar-refractivity contribution in [1.29, 1.82) is 0 Å². The maximum atomic E-state index is 5.73. The van der Waals surface area contributed by atoms with Gasteiger partial charge in [0.05, 0.1) is 0 Å². The molecule has 0 aliphatic heterocycles. The summed E-state index contributed by atoms with van der Waals surface area (Å²) in [5.74, 6) is 0. The van der Waals surface area contributed by atoms with Gasteiger partial charge in [0, 0.05) is 10.0 Å². The van der Waals surface area contributed by atoms with E-state index in [1.165, 1.54) is 6.08 Å². The highest BCUT2D eigenvalue weighted by atomic mass is 35.5. The minimum atomic E-state index is 0.579. The first-order chi connectivity index (χ1) is 4.74. The van der Waals surface area contributed by atoms with E-state index < -0.39 is 0 Å². The lowest BCUT2D eigenvalue weighted by molar-refractivity contribution is 1.66. The van der Waals surface area contributed by atoms with E-state index in [2.05, 4.69) is 0 Å². The Balaban J connectivity index is 3.19. The molecule has 0 heterocycles. The highest BCUT2D eigenvalue weighted by molar-refractivity contribution is 6.35. The van der Waals surface area contributed by atoms with Gasteiger partial charge in [0.15, 0.2) is 0 Å². The largest absolute Gasteiger partial charge is 0.0843 e. The van der Waals surface area contributed by atoms with Crippen LogP contribution in [0.3, 0.4) is 0 Å². The van der Waals surface area contributed by atoms with Gasteiger partial charge in [-0.2, -0.15) is 0 Å². The smallest absolute Gasteiger partial charge is 0.0493 e. The van der Waals surface area contributed by atoms with Crippen LogP contribution in [0.5, 0.6) is 0 Å². The minimum absolute atomic E-state index is 0.579. The molecule has 1 aromatic carbocycles. The third-order valence-corrected chi connectivity index (χ3v) is 1.70. The van der Waals surface area contributed by atoms with Crippen molar-refractivity contribution in [2.45, 2.75) is 0 Å². The number of hydrogen-bond donors (Lipinski definition) is 0. The van der Waals surface area contributed by atoms with Crippen LogP contribution in [0, 0.1) is 6.58 Å². The zero-order valence-electron chi connectivity index (χ0n) is 5.14. The van der Waals surface area contributed by atoms with Crippen molar-refractivity contribution < 1.29 is 0 Å². The molecule has 51 valence electrons. The van der Waals surface area contributed by atoms with Crippen LogP contribution >= 0.6 is 23.2 Å². The first kappa shape index (κ1) is 7.64. The molecule has 0 bridgehead atoms. The first-order valence-electron chi connectivity index (χ1n) is 2.74. The van der Waals surface area contributed by atoms with Crippen LogP contribution in [-0.4, -0.2) is 0 Å². The van der Waals surface area contributed by atoms with Gasteiger partial charge in [-0.25, -0.2) is 0 Å². The number of benzene rings is 1. The van der Waals surface area contributed by atoms with E-state index in [1.807, 2.05) is 0 Å². The summed E-state index contributed by atoms with van der Waals surface area (Å²) in [6.45, 7) is 5.25. The van der Waals surface area contributed by atoms with Crippen molar-refractivity contribution >= 4 is 29.3 Å². The summed E-state index contributed by atoms with van der Waals surface area (Å²) in [6, 6.07) is 5.17. The summed E-state index contributed by atoms with van der Waals surface area (Å²) in [6.07, 6.45) is 1.44. The number of hydrogen-bond acceptors (Lipinski definition) is 0. The van der Waals surface area contributed by atoms with E-state index in [1.54, 1.807) is 18.2 Å². The van der Waals surface area contributed by atoms with E-state index in [0.29, 0.717) is 10.0 Å². The fraction of sp³-hybridized carbons (Fsp3) is 0. The second-order valence-electron chi connectivity index (χ2n) is 1.83. The zero-order valence-corrected chi connectivity index (χ0v) is 6.65. The molecule has 0 spiro atoms. The van der Waals surface area contributed by atoms with Crippen LogP contribution in [0.15, 0.2) is 18.2 Å². The maximum Gasteiger partial charge on any atom is 0.0493 e. The Labute approximate surface area is 70.1 Å². The molecule has 1 aromatic rings. The molecule has 0 aliphatic rings. The molecule has 10 heavy (non-hydrogen) atoms. The quantitative estimate of drug-likeness (QED) is 0.608. The van der Waals surface area contributed by atoms with E-state index in [-0.39, 0.29) is 0 Å². The van der Waals surface area contributed by atoms with Crippen molar-refractivity contribution in [3.63, 3.8) is 0 Å². The number of halogens is 2. The van der Waals surface area contributed by atoms with Crippen LogP contribution < -0.4 is 0 Å². The predicted octanol–water partition coefficient (Wildman–Crippen LogP) is 3.44. The minimum Gasteiger partial charge on any atom is -0.0843 e. The van der Waals surface area contributed by atoms with Crippen LogP contribution in [-0.2, 0) is 0 Å². The van der Waals surface area contributed by atoms with E-state index in [4.69, 9.17) is 29.8 Å².